The standard InChI is InChI=1S/C15H18N4O2/c1-11-8-13(5-6-14(11)19(20)21)18-7-3-2-4-15(18)12-9-16-17-10-12/h5-6,8-10,15H,2-4,7H2,1H3,(H,16,17). The Balaban J connectivity index is 1.93. The third-order valence-corrected chi connectivity index (χ3v) is 4.12. The molecule has 0 aliphatic carbocycles. The zero-order valence-corrected chi connectivity index (χ0v) is 12.0. The number of nitrogens with zero attached hydrogens (tertiary/aromatic N) is 3. The van der Waals surface area contributed by atoms with E-state index < -0.39 is 0 Å². The van der Waals surface area contributed by atoms with E-state index in [0.29, 0.717) is 11.6 Å². The maximum atomic E-state index is 10.9. The van der Waals surface area contributed by atoms with Crippen LogP contribution < -0.4 is 4.90 Å². The van der Waals surface area contributed by atoms with Crippen LogP contribution in [0.25, 0.3) is 0 Å². The average Bonchev–Trinajstić information content (AvgIpc) is 3.01. The molecule has 1 aliphatic heterocycles. The number of piperidine rings is 1. The third-order valence-electron chi connectivity index (χ3n) is 4.12. The Morgan fingerprint density at radius 3 is 2.95 bits per heavy atom. The lowest BCUT2D eigenvalue weighted by Crippen LogP contribution is -2.33. The van der Waals surface area contributed by atoms with Gasteiger partial charge in [0, 0.05) is 35.6 Å². The van der Waals surface area contributed by atoms with Crippen LogP contribution in [-0.4, -0.2) is 21.7 Å². The van der Waals surface area contributed by atoms with E-state index in [1.807, 2.05) is 24.5 Å². The minimum absolute atomic E-state index is 0.177. The Hall–Kier alpha value is -2.37. The summed E-state index contributed by atoms with van der Waals surface area (Å²) in [4.78, 5) is 12.9. The van der Waals surface area contributed by atoms with E-state index in [-0.39, 0.29) is 10.6 Å². The molecular formula is C15H18N4O2. The van der Waals surface area contributed by atoms with Crippen molar-refractivity contribution < 1.29 is 4.92 Å². The Morgan fingerprint density at radius 1 is 1.43 bits per heavy atom. The van der Waals surface area contributed by atoms with Gasteiger partial charge in [-0.1, -0.05) is 0 Å². The molecule has 1 fully saturated rings. The summed E-state index contributed by atoms with van der Waals surface area (Å²) in [5.74, 6) is 0. The Bertz CT molecular complexity index is 639. The highest BCUT2D eigenvalue weighted by Crippen LogP contribution is 2.36. The van der Waals surface area contributed by atoms with Crippen molar-refractivity contribution in [3.8, 4) is 0 Å². The molecule has 1 aliphatic rings. The number of H-pyrrole nitrogens is 1. The van der Waals surface area contributed by atoms with Crippen LogP contribution in [0.4, 0.5) is 11.4 Å². The molecule has 6 nitrogen and oxygen atoms in total. The van der Waals surface area contributed by atoms with Crippen LogP contribution in [0.3, 0.4) is 0 Å². The van der Waals surface area contributed by atoms with Crippen molar-refractivity contribution in [3.63, 3.8) is 0 Å². The summed E-state index contributed by atoms with van der Waals surface area (Å²) in [5.41, 5.74) is 3.10. The molecule has 2 aromatic rings. The predicted molar refractivity (Wildman–Crippen MR) is 80.4 cm³/mol. The topological polar surface area (TPSA) is 75.1 Å². The van der Waals surface area contributed by atoms with E-state index in [4.69, 9.17) is 0 Å². The highest BCUT2D eigenvalue weighted by molar-refractivity contribution is 5.56. The van der Waals surface area contributed by atoms with E-state index in [0.717, 1.165) is 25.1 Å². The van der Waals surface area contributed by atoms with Crippen LogP contribution in [0.1, 0.15) is 36.4 Å². The Labute approximate surface area is 122 Å². The summed E-state index contributed by atoms with van der Waals surface area (Å²) in [6, 6.07) is 5.66. The highest BCUT2D eigenvalue weighted by atomic mass is 16.6. The summed E-state index contributed by atoms with van der Waals surface area (Å²) in [6.45, 7) is 2.76. The lowest BCUT2D eigenvalue weighted by atomic mass is 9.96. The number of aromatic amines is 1. The zero-order valence-electron chi connectivity index (χ0n) is 12.0. The van der Waals surface area contributed by atoms with Gasteiger partial charge in [0.25, 0.3) is 5.69 Å². The molecule has 1 aromatic carbocycles. The largest absolute Gasteiger partial charge is 0.364 e. The Morgan fingerprint density at radius 2 is 2.29 bits per heavy atom. The first kappa shape index (κ1) is 13.6. The number of nitro benzene ring substituents is 1. The molecule has 1 aromatic heterocycles. The van der Waals surface area contributed by atoms with Crippen molar-refractivity contribution in [1.29, 1.82) is 0 Å². The van der Waals surface area contributed by atoms with Gasteiger partial charge in [0.15, 0.2) is 0 Å². The molecule has 1 saturated heterocycles. The number of nitrogens with one attached hydrogen (secondary N) is 1. The number of hydrogen-bond acceptors (Lipinski definition) is 4. The third kappa shape index (κ3) is 2.61. The van der Waals surface area contributed by atoms with Crippen LogP contribution in [-0.2, 0) is 0 Å². The predicted octanol–water partition coefficient (Wildman–Crippen LogP) is 3.36. The lowest BCUT2D eigenvalue weighted by molar-refractivity contribution is -0.385. The molecule has 0 amide bonds. The van der Waals surface area contributed by atoms with Crippen LogP contribution >= 0.6 is 0 Å². The number of anilines is 1. The quantitative estimate of drug-likeness (QED) is 0.693. The second-order valence-corrected chi connectivity index (χ2v) is 5.46. The van der Waals surface area contributed by atoms with E-state index in [9.17, 15) is 10.1 Å². The van der Waals surface area contributed by atoms with Gasteiger partial charge in [-0.25, -0.2) is 0 Å². The molecule has 0 bridgehead atoms. The zero-order chi connectivity index (χ0) is 14.8. The first-order valence-electron chi connectivity index (χ1n) is 7.17. The monoisotopic (exact) mass is 286 g/mol. The second-order valence-electron chi connectivity index (χ2n) is 5.46. The molecule has 110 valence electrons. The minimum atomic E-state index is -0.330. The van der Waals surface area contributed by atoms with Gasteiger partial charge in [0.05, 0.1) is 17.2 Å². The van der Waals surface area contributed by atoms with Crippen LogP contribution in [0, 0.1) is 17.0 Å². The number of aryl methyl sites for hydroxylation is 1. The SMILES string of the molecule is Cc1cc(N2CCCCC2c2cn[nH]c2)ccc1[N+](=O)[O-]. The second kappa shape index (κ2) is 5.55. The van der Waals surface area contributed by atoms with E-state index in [1.54, 1.807) is 13.0 Å². The Kier molecular flexibility index (Phi) is 3.60. The number of hydrogen-bond donors (Lipinski definition) is 1. The summed E-state index contributed by atoms with van der Waals surface area (Å²) in [6.07, 6.45) is 7.21. The molecule has 0 saturated carbocycles. The van der Waals surface area contributed by atoms with Crippen molar-refractivity contribution in [3.05, 3.63) is 51.8 Å². The van der Waals surface area contributed by atoms with Crippen molar-refractivity contribution >= 4 is 11.4 Å². The fourth-order valence-corrected chi connectivity index (χ4v) is 3.05. The van der Waals surface area contributed by atoms with Crippen molar-refractivity contribution in [1.82, 2.24) is 10.2 Å². The summed E-state index contributed by atoms with van der Waals surface area (Å²) >= 11 is 0. The fraction of sp³-hybridized carbons (Fsp3) is 0.400. The first-order chi connectivity index (χ1) is 10.2. The van der Waals surface area contributed by atoms with Gasteiger partial charge in [-0.2, -0.15) is 5.10 Å². The van der Waals surface area contributed by atoms with Crippen molar-refractivity contribution in [2.24, 2.45) is 0 Å². The van der Waals surface area contributed by atoms with Gasteiger partial charge in [-0.15, -0.1) is 0 Å². The first-order valence-corrected chi connectivity index (χ1v) is 7.17. The number of benzene rings is 1. The van der Waals surface area contributed by atoms with E-state index in [2.05, 4.69) is 15.1 Å². The number of nitro groups is 1. The van der Waals surface area contributed by atoms with Gasteiger partial charge in [-0.05, 0) is 38.3 Å². The van der Waals surface area contributed by atoms with Gasteiger partial charge < -0.3 is 4.90 Å². The molecule has 1 N–H and O–H groups in total. The van der Waals surface area contributed by atoms with Crippen LogP contribution in [0.2, 0.25) is 0 Å². The van der Waals surface area contributed by atoms with Gasteiger partial charge in [0.1, 0.15) is 0 Å². The average molecular weight is 286 g/mol. The van der Waals surface area contributed by atoms with Crippen LogP contribution in [0.15, 0.2) is 30.6 Å². The fourth-order valence-electron chi connectivity index (χ4n) is 3.05. The summed E-state index contributed by atoms with van der Waals surface area (Å²) < 4.78 is 0. The maximum Gasteiger partial charge on any atom is 0.272 e. The molecular weight excluding hydrogens is 268 g/mol. The normalized spacial score (nSPS) is 18.7. The van der Waals surface area contributed by atoms with Gasteiger partial charge in [-0.3, -0.25) is 15.2 Å². The number of aromatic nitrogens is 2. The number of rotatable bonds is 3. The molecule has 0 spiro atoms. The molecule has 0 radical (unpaired) electrons. The van der Waals surface area contributed by atoms with Gasteiger partial charge >= 0.3 is 0 Å². The lowest BCUT2D eigenvalue weighted by Gasteiger charge is -2.37. The summed E-state index contributed by atoms with van der Waals surface area (Å²) in [7, 11) is 0. The molecule has 21 heavy (non-hydrogen) atoms. The minimum Gasteiger partial charge on any atom is -0.364 e. The molecule has 1 atom stereocenters. The summed E-state index contributed by atoms with van der Waals surface area (Å²) in [5, 5.41) is 17.8. The molecule has 3 rings (SSSR count). The molecule has 2 heterocycles. The molecule has 1 unspecified atom stereocenters. The maximum absolute atomic E-state index is 10.9. The smallest absolute Gasteiger partial charge is 0.272 e. The van der Waals surface area contributed by atoms with Crippen LogP contribution in [0.5, 0.6) is 0 Å². The van der Waals surface area contributed by atoms with Crippen molar-refractivity contribution in [2.75, 3.05) is 11.4 Å². The molecule has 6 heteroatoms. The van der Waals surface area contributed by atoms with Gasteiger partial charge in [0.2, 0.25) is 0 Å². The van der Waals surface area contributed by atoms with Crippen molar-refractivity contribution in [2.45, 2.75) is 32.2 Å². The highest BCUT2D eigenvalue weighted by Gasteiger charge is 2.25. The van der Waals surface area contributed by atoms with E-state index in [1.165, 1.54) is 12.0 Å². The van der Waals surface area contributed by atoms with E-state index >= 15 is 0 Å².